The lowest BCUT2D eigenvalue weighted by atomic mass is 9.99. The minimum Gasteiger partial charge on any atom is -0.0991 e. The van der Waals surface area contributed by atoms with Crippen molar-refractivity contribution in [3.05, 3.63) is 72.4 Å². The van der Waals surface area contributed by atoms with Gasteiger partial charge in [-0.1, -0.05) is 83.3 Å². The molecule has 0 radical (unpaired) electrons. The fourth-order valence-corrected chi connectivity index (χ4v) is 1.61. The Hall–Kier alpha value is -1.56. The number of allylic oxidation sites excluding steroid dienone is 4. The quantitative estimate of drug-likeness (QED) is 0.583. The minimum absolute atomic E-state index is 0.594. The molecule has 0 saturated carbocycles. The average Bonchev–Trinajstić information content (AvgIpc) is 2.41. The van der Waals surface area contributed by atoms with Gasteiger partial charge < -0.3 is 0 Å². The molecule has 0 spiro atoms. The standard InChI is InChI=1S/C16H20.C2H6/c1-5-7-14(6-2)12-15-8-10-16(11-9-15)13(3)4;1-2/h5-11,13H,1-2,12H2,3-4H3;1-2H3/b14-7+;. The summed E-state index contributed by atoms with van der Waals surface area (Å²) in [5.41, 5.74) is 3.90. The van der Waals surface area contributed by atoms with Gasteiger partial charge in [-0.15, -0.1) is 0 Å². The number of hydrogen-bond donors (Lipinski definition) is 0. The Morgan fingerprint density at radius 1 is 1.11 bits per heavy atom. The predicted molar refractivity (Wildman–Crippen MR) is 84.1 cm³/mol. The van der Waals surface area contributed by atoms with E-state index in [0.29, 0.717) is 5.92 Å². The van der Waals surface area contributed by atoms with Crippen LogP contribution < -0.4 is 0 Å². The zero-order chi connectivity index (χ0) is 14.0. The van der Waals surface area contributed by atoms with Gasteiger partial charge in [0.1, 0.15) is 0 Å². The van der Waals surface area contributed by atoms with E-state index < -0.39 is 0 Å². The van der Waals surface area contributed by atoms with Crippen LogP contribution in [0.3, 0.4) is 0 Å². The van der Waals surface area contributed by atoms with Crippen LogP contribution in [0.5, 0.6) is 0 Å². The normalized spacial score (nSPS) is 10.6. The smallest absolute Gasteiger partial charge is 0.00260 e. The predicted octanol–water partition coefficient (Wildman–Crippen LogP) is 5.68. The molecule has 0 heterocycles. The first-order chi connectivity index (χ1) is 8.67. The van der Waals surface area contributed by atoms with Crippen molar-refractivity contribution < 1.29 is 0 Å². The highest BCUT2D eigenvalue weighted by Gasteiger charge is 1.99. The minimum atomic E-state index is 0.594. The summed E-state index contributed by atoms with van der Waals surface area (Å²) < 4.78 is 0. The first-order valence-corrected chi connectivity index (χ1v) is 6.70. The molecule has 1 aromatic rings. The molecule has 0 unspecified atom stereocenters. The summed E-state index contributed by atoms with van der Waals surface area (Å²) in [6.07, 6.45) is 6.62. The molecule has 0 aromatic heterocycles. The lowest BCUT2D eigenvalue weighted by Gasteiger charge is -2.07. The van der Waals surface area contributed by atoms with Gasteiger partial charge in [-0.2, -0.15) is 0 Å². The van der Waals surface area contributed by atoms with Crippen molar-refractivity contribution in [2.75, 3.05) is 0 Å². The molecule has 0 bridgehead atoms. The largest absolute Gasteiger partial charge is 0.0991 e. The van der Waals surface area contributed by atoms with Crippen LogP contribution in [-0.4, -0.2) is 0 Å². The van der Waals surface area contributed by atoms with Gasteiger partial charge in [0.25, 0.3) is 0 Å². The van der Waals surface area contributed by atoms with Crippen molar-refractivity contribution in [3.63, 3.8) is 0 Å². The second kappa shape index (κ2) is 9.47. The average molecular weight is 242 g/mol. The molecule has 18 heavy (non-hydrogen) atoms. The van der Waals surface area contributed by atoms with Crippen molar-refractivity contribution in [1.82, 2.24) is 0 Å². The Balaban J connectivity index is 0.00000137. The van der Waals surface area contributed by atoms with E-state index in [2.05, 4.69) is 51.3 Å². The summed E-state index contributed by atoms with van der Waals surface area (Å²) in [6.45, 7) is 15.9. The van der Waals surface area contributed by atoms with Crippen LogP contribution in [0.25, 0.3) is 0 Å². The third kappa shape index (κ3) is 5.67. The molecular formula is C18H26. The Labute approximate surface area is 113 Å². The van der Waals surface area contributed by atoms with Gasteiger partial charge >= 0.3 is 0 Å². The first-order valence-electron chi connectivity index (χ1n) is 6.70. The van der Waals surface area contributed by atoms with Crippen molar-refractivity contribution >= 4 is 0 Å². The number of benzene rings is 1. The molecule has 0 aliphatic rings. The first kappa shape index (κ1) is 16.4. The van der Waals surface area contributed by atoms with E-state index >= 15 is 0 Å². The van der Waals surface area contributed by atoms with Gasteiger partial charge in [0.05, 0.1) is 0 Å². The van der Waals surface area contributed by atoms with Crippen LogP contribution in [0.4, 0.5) is 0 Å². The summed E-state index contributed by atoms with van der Waals surface area (Å²) in [5.74, 6) is 0.594. The topological polar surface area (TPSA) is 0 Å². The van der Waals surface area contributed by atoms with Crippen LogP contribution in [0, 0.1) is 0 Å². The molecule has 0 nitrogen and oxygen atoms in total. The van der Waals surface area contributed by atoms with Crippen LogP contribution in [0.2, 0.25) is 0 Å². The molecule has 0 saturated heterocycles. The highest BCUT2D eigenvalue weighted by atomic mass is 14.0. The zero-order valence-electron chi connectivity index (χ0n) is 12.2. The van der Waals surface area contributed by atoms with Crippen LogP contribution >= 0.6 is 0 Å². The highest BCUT2D eigenvalue weighted by molar-refractivity contribution is 5.32. The van der Waals surface area contributed by atoms with Crippen LogP contribution in [0.15, 0.2) is 61.2 Å². The van der Waals surface area contributed by atoms with Crippen molar-refractivity contribution in [3.8, 4) is 0 Å². The van der Waals surface area contributed by atoms with Crippen molar-refractivity contribution in [2.24, 2.45) is 0 Å². The molecule has 98 valence electrons. The van der Waals surface area contributed by atoms with E-state index in [1.807, 2.05) is 26.0 Å². The van der Waals surface area contributed by atoms with Gasteiger partial charge in [0, 0.05) is 0 Å². The maximum atomic E-state index is 3.81. The SMILES string of the molecule is C=C/C=C(\C=C)Cc1ccc(C(C)C)cc1.CC. The molecule has 0 amide bonds. The van der Waals surface area contributed by atoms with E-state index in [9.17, 15) is 0 Å². The summed E-state index contributed by atoms with van der Waals surface area (Å²) in [4.78, 5) is 0. The summed E-state index contributed by atoms with van der Waals surface area (Å²) in [7, 11) is 0. The molecule has 0 N–H and O–H groups in total. The molecule has 1 rings (SSSR count). The van der Waals surface area contributed by atoms with Gasteiger partial charge in [0.2, 0.25) is 0 Å². The Bertz CT molecular complexity index is 377. The lowest BCUT2D eigenvalue weighted by molar-refractivity contribution is 0.865. The monoisotopic (exact) mass is 242 g/mol. The Morgan fingerprint density at radius 3 is 2.06 bits per heavy atom. The fourth-order valence-electron chi connectivity index (χ4n) is 1.61. The van der Waals surface area contributed by atoms with E-state index in [0.717, 1.165) is 6.42 Å². The van der Waals surface area contributed by atoms with E-state index in [1.54, 1.807) is 6.08 Å². The maximum absolute atomic E-state index is 3.81. The Kier molecular flexibility index (Phi) is 8.65. The molecule has 0 aliphatic heterocycles. The molecule has 1 aromatic carbocycles. The molecular weight excluding hydrogens is 216 g/mol. The van der Waals surface area contributed by atoms with E-state index in [1.165, 1.54) is 16.7 Å². The maximum Gasteiger partial charge on any atom is -0.00260 e. The molecule has 0 aliphatic carbocycles. The van der Waals surface area contributed by atoms with E-state index in [-0.39, 0.29) is 0 Å². The third-order valence-corrected chi connectivity index (χ3v) is 2.65. The second-order valence-electron chi connectivity index (χ2n) is 4.25. The number of hydrogen-bond acceptors (Lipinski definition) is 0. The van der Waals surface area contributed by atoms with Gasteiger partial charge in [-0.25, -0.2) is 0 Å². The molecule has 0 fully saturated rings. The van der Waals surface area contributed by atoms with Crippen LogP contribution in [0.1, 0.15) is 44.7 Å². The lowest BCUT2D eigenvalue weighted by Crippen LogP contribution is -1.90. The van der Waals surface area contributed by atoms with E-state index in [4.69, 9.17) is 0 Å². The van der Waals surface area contributed by atoms with Crippen molar-refractivity contribution in [2.45, 2.75) is 40.0 Å². The number of rotatable bonds is 5. The van der Waals surface area contributed by atoms with Gasteiger partial charge in [-0.05, 0) is 29.0 Å². The fraction of sp³-hybridized carbons (Fsp3) is 0.333. The van der Waals surface area contributed by atoms with Gasteiger partial charge in [-0.3, -0.25) is 0 Å². The summed E-state index contributed by atoms with van der Waals surface area (Å²) in [6, 6.07) is 8.79. The second-order valence-corrected chi connectivity index (χ2v) is 4.25. The van der Waals surface area contributed by atoms with Crippen molar-refractivity contribution in [1.29, 1.82) is 0 Å². The zero-order valence-corrected chi connectivity index (χ0v) is 12.2. The van der Waals surface area contributed by atoms with Gasteiger partial charge in [0.15, 0.2) is 0 Å². The molecule has 0 heteroatoms. The highest BCUT2D eigenvalue weighted by Crippen LogP contribution is 2.16. The Morgan fingerprint density at radius 2 is 1.67 bits per heavy atom. The summed E-state index contributed by atoms with van der Waals surface area (Å²) in [5, 5.41) is 0. The molecule has 0 atom stereocenters. The van der Waals surface area contributed by atoms with Crippen LogP contribution in [-0.2, 0) is 6.42 Å². The third-order valence-electron chi connectivity index (χ3n) is 2.65. The summed E-state index contributed by atoms with van der Waals surface area (Å²) >= 11 is 0.